The van der Waals surface area contributed by atoms with Crippen LogP contribution in [0.5, 0.6) is 11.5 Å². The first-order valence-corrected chi connectivity index (χ1v) is 11.4. The van der Waals surface area contributed by atoms with E-state index in [9.17, 15) is 9.59 Å². The van der Waals surface area contributed by atoms with Crippen molar-refractivity contribution in [1.29, 1.82) is 0 Å². The number of imidazole rings is 1. The average molecular weight is 475 g/mol. The molecule has 2 N–H and O–H groups in total. The van der Waals surface area contributed by atoms with Crippen molar-refractivity contribution in [3.05, 3.63) is 83.4 Å². The summed E-state index contributed by atoms with van der Waals surface area (Å²) >= 11 is 1.29. The number of hydrazone groups is 1. The molecular weight excluding hydrogens is 452 g/mol. The average Bonchev–Trinajstić information content (AvgIpc) is 3.26. The van der Waals surface area contributed by atoms with Gasteiger partial charge >= 0.3 is 5.97 Å². The summed E-state index contributed by atoms with van der Waals surface area (Å²) in [7, 11) is 1.48. The summed E-state index contributed by atoms with van der Waals surface area (Å²) in [5.74, 6) is 0.0816. The molecule has 8 nitrogen and oxygen atoms in total. The Hall–Kier alpha value is -4.11. The summed E-state index contributed by atoms with van der Waals surface area (Å²) in [4.78, 5) is 32.1. The number of nitrogens with one attached hydrogen (secondary N) is 2. The highest BCUT2D eigenvalue weighted by Gasteiger charge is 2.13. The van der Waals surface area contributed by atoms with Gasteiger partial charge in [0, 0.05) is 0 Å². The van der Waals surface area contributed by atoms with Gasteiger partial charge in [-0.3, -0.25) is 4.79 Å². The van der Waals surface area contributed by atoms with Crippen LogP contribution in [0.15, 0.2) is 77.0 Å². The Balaban J connectivity index is 1.32. The van der Waals surface area contributed by atoms with Crippen molar-refractivity contribution in [2.45, 2.75) is 12.1 Å². The summed E-state index contributed by atoms with van der Waals surface area (Å²) in [6.07, 6.45) is 1.48. The first kappa shape index (κ1) is 23.1. The summed E-state index contributed by atoms with van der Waals surface area (Å²) in [6, 6.07) is 19.8. The normalized spacial score (nSPS) is 11.0. The molecule has 0 unspecified atom stereocenters. The summed E-state index contributed by atoms with van der Waals surface area (Å²) in [5.41, 5.74) is 6.34. The van der Waals surface area contributed by atoms with Crippen LogP contribution in [0.25, 0.3) is 11.0 Å². The molecule has 1 amide bonds. The molecule has 3 aromatic carbocycles. The first-order chi connectivity index (χ1) is 16.5. The van der Waals surface area contributed by atoms with Gasteiger partial charge in [0.25, 0.3) is 5.91 Å². The number of thioether (sulfide) groups is 1. The van der Waals surface area contributed by atoms with E-state index in [2.05, 4.69) is 20.5 Å². The number of aromatic amines is 1. The van der Waals surface area contributed by atoms with Crippen LogP contribution in [0.1, 0.15) is 21.5 Å². The SMILES string of the molecule is COc1cc(/C=N\NC(=O)CSc2nc3ccccc3[nH]2)ccc1OC(=O)c1cccc(C)c1. The molecule has 0 bridgehead atoms. The van der Waals surface area contributed by atoms with Gasteiger partial charge < -0.3 is 14.5 Å². The molecule has 0 aliphatic heterocycles. The van der Waals surface area contributed by atoms with E-state index in [-0.39, 0.29) is 17.4 Å². The minimum Gasteiger partial charge on any atom is -0.493 e. The largest absolute Gasteiger partial charge is 0.493 e. The van der Waals surface area contributed by atoms with Crippen molar-refractivity contribution in [3.63, 3.8) is 0 Å². The molecule has 1 heterocycles. The van der Waals surface area contributed by atoms with Crippen LogP contribution in [-0.4, -0.2) is 40.9 Å². The quantitative estimate of drug-likeness (QED) is 0.129. The number of esters is 1. The highest BCUT2D eigenvalue weighted by molar-refractivity contribution is 7.99. The molecule has 4 aromatic rings. The van der Waals surface area contributed by atoms with E-state index in [0.29, 0.717) is 22.0 Å². The number of carbonyl (C=O) groups excluding carboxylic acids is 2. The molecule has 9 heteroatoms. The summed E-state index contributed by atoms with van der Waals surface area (Å²) < 4.78 is 10.8. The Morgan fingerprint density at radius 3 is 2.74 bits per heavy atom. The van der Waals surface area contributed by atoms with Crippen molar-refractivity contribution in [1.82, 2.24) is 15.4 Å². The number of hydrogen-bond donors (Lipinski definition) is 2. The highest BCUT2D eigenvalue weighted by Crippen LogP contribution is 2.28. The third-order valence-corrected chi connectivity index (χ3v) is 5.63. The van der Waals surface area contributed by atoms with Crippen LogP contribution in [0.2, 0.25) is 0 Å². The number of benzene rings is 3. The molecule has 4 rings (SSSR count). The fourth-order valence-electron chi connectivity index (χ4n) is 3.12. The number of para-hydroxylation sites is 2. The van der Waals surface area contributed by atoms with Crippen LogP contribution < -0.4 is 14.9 Å². The van der Waals surface area contributed by atoms with Crippen LogP contribution in [0, 0.1) is 6.92 Å². The number of carbonyl (C=O) groups is 2. The van der Waals surface area contributed by atoms with Gasteiger partial charge in [-0.1, -0.05) is 41.6 Å². The number of methoxy groups -OCH3 is 1. The predicted molar refractivity (Wildman–Crippen MR) is 132 cm³/mol. The lowest BCUT2D eigenvalue weighted by atomic mass is 10.1. The first-order valence-electron chi connectivity index (χ1n) is 10.4. The lowest BCUT2D eigenvalue weighted by Crippen LogP contribution is -2.19. The number of rotatable bonds is 8. The maximum absolute atomic E-state index is 12.4. The Morgan fingerprint density at radius 2 is 1.94 bits per heavy atom. The molecule has 1 aromatic heterocycles. The van der Waals surface area contributed by atoms with Gasteiger partial charge in [0.15, 0.2) is 16.7 Å². The van der Waals surface area contributed by atoms with E-state index < -0.39 is 5.97 Å². The zero-order valence-corrected chi connectivity index (χ0v) is 19.4. The van der Waals surface area contributed by atoms with Gasteiger partial charge in [-0.25, -0.2) is 15.2 Å². The van der Waals surface area contributed by atoms with Crippen LogP contribution in [0.3, 0.4) is 0 Å². The number of aryl methyl sites for hydroxylation is 1. The monoisotopic (exact) mass is 474 g/mol. The number of amides is 1. The minimum atomic E-state index is -0.474. The van der Waals surface area contributed by atoms with E-state index in [4.69, 9.17) is 9.47 Å². The van der Waals surface area contributed by atoms with Gasteiger partial charge in [0.05, 0.1) is 35.7 Å². The van der Waals surface area contributed by atoms with Crippen LogP contribution >= 0.6 is 11.8 Å². The molecule has 0 aliphatic rings. The van der Waals surface area contributed by atoms with E-state index in [1.807, 2.05) is 37.3 Å². The van der Waals surface area contributed by atoms with E-state index in [0.717, 1.165) is 16.6 Å². The second-order valence-electron chi connectivity index (χ2n) is 7.31. The number of nitrogens with zero attached hydrogens (tertiary/aromatic N) is 2. The Bertz CT molecular complexity index is 1330. The topological polar surface area (TPSA) is 106 Å². The lowest BCUT2D eigenvalue weighted by molar-refractivity contribution is -0.118. The number of fused-ring (bicyclic) bond motifs is 1. The molecule has 0 fully saturated rings. The Morgan fingerprint density at radius 1 is 1.09 bits per heavy atom. The molecule has 0 spiro atoms. The smallest absolute Gasteiger partial charge is 0.343 e. The molecule has 0 saturated carbocycles. The molecule has 0 aliphatic carbocycles. The second kappa shape index (κ2) is 10.7. The third-order valence-electron chi connectivity index (χ3n) is 4.75. The van der Waals surface area contributed by atoms with E-state index in [1.165, 1.54) is 25.1 Å². The number of H-pyrrole nitrogens is 1. The van der Waals surface area contributed by atoms with Crippen molar-refractivity contribution in [2.24, 2.45) is 5.10 Å². The van der Waals surface area contributed by atoms with E-state index >= 15 is 0 Å². The molecule has 34 heavy (non-hydrogen) atoms. The van der Waals surface area contributed by atoms with Gasteiger partial charge in [-0.05, 0) is 55.0 Å². The van der Waals surface area contributed by atoms with Crippen molar-refractivity contribution >= 4 is 40.9 Å². The van der Waals surface area contributed by atoms with Crippen LogP contribution in [-0.2, 0) is 4.79 Å². The third kappa shape index (κ3) is 5.81. The predicted octanol–water partition coefficient (Wildman–Crippen LogP) is 4.34. The van der Waals surface area contributed by atoms with Crippen LogP contribution in [0.4, 0.5) is 0 Å². The fourth-order valence-corrected chi connectivity index (χ4v) is 3.80. The Labute approximate surface area is 200 Å². The number of hydrogen-bond acceptors (Lipinski definition) is 7. The zero-order chi connectivity index (χ0) is 23.9. The molecule has 0 saturated heterocycles. The minimum absolute atomic E-state index is 0.161. The number of ether oxygens (including phenoxy) is 2. The Kier molecular flexibility index (Phi) is 7.24. The van der Waals surface area contributed by atoms with Crippen molar-refractivity contribution in [2.75, 3.05) is 12.9 Å². The lowest BCUT2D eigenvalue weighted by Gasteiger charge is -2.10. The van der Waals surface area contributed by atoms with Gasteiger partial charge in [-0.2, -0.15) is 5.10 Å². The fraction of sp³-hybridized carbons (Fsp3) is 0.120. The van der Waals surface area contributed by atoms with Gasteiger partial charge in [-0.15, -0.1) is 0 Å². The van der Waals surface area contributed by atoms with Gasteiger partial charge in [0.2, 0.25) is 0 Å². The number of aromatic nitrogens is 2. The van der Waals surface area contributed by atoms with Crippen molar-refractivity contribution < 1.29 is 19.1 Å². The standard InChI is InChI=1S/C25H22N4O4S/c1-16-6-5-7-18(12-16)24(31)33-21-11-10-17(13-22(21)32-2)14-26-29-23(30)15-34-25-27-19-8-3-4-9-20(19)28-25/h3-14H,15H2,1-2H3,(H,27,28)(H,29,30)/b26-14-. The maximum atomic E-state index is 12.4. The van der Waals surface area contributed by atoms with Crippen molar-refractivity contribution in [3.8, 4) is 11.5 Å². The summed E-state index contributed by atoms with van der Waals surface area (Å²) in [5, 5.41) is 4.66. The molecule has 0 atom stereocenters. The maximum Gasteiger partial charge on any atom is 0.343 e. The summed E-state index contributed by atoms with van der Waals surface area (Å²) in [6.45, 7) is 1.90. The second-order valence-corrected chi connectivity index (χ2v) is 8.27. The molecule has 0 radical (unpaired) electrons. The molecule has 172 valence electrons. The zero-order valence-electron chi connectivity index (χ0n) is 18.6. The highest BCUT2D eigenvalue weighted by atomic mass is 32.2. The molecular formula is C25H22N4O4S. The van der Waals surface area contributed by atoms with Gasteiger partial charge in [0.1, 0.15) is 0 Å². The van der Waals surface area contributed by atoms with E-state index in [1.54, 1.807) is 36.4 Å².